The molecular formula is C23H30N4O3. The van der Waals surface area contributed by atoms with Gasteiger partial charge in [-0.25, -0.2) is 0 Å². The number of carbonyl (C=O) groups is 1. The van der Waals surface area contributed by atoms with Crippen molar-refractivity contribution in [2.75, 3.05) is 27.3 Å². The zero-order chi connectivity index (χ0) is 21.2. The Morgan fingerprint density at radius 2 is 1.97 bits per heavy atom. The molecule has 30 heavy (non-hydrogen) atoms. The van der Waals surface area contributed by atoms with E-state index in [4.69, 9.17) is 9.47 Å². The minimum Gasteiger partial charge on any atom is -0.496 e. The lowest BCUT2D eigenvalue weighted by molar-refractivity contribution is -0.123. The molecule has 0 aliphatic heterocycles. The third-order valence-electron chi connectivity index (χ3n) is 4.77. The SMILES string of the molecule is CN=C(NCCc1ccccc1OC)NCc1cccc(OCC(=O)NC2CC2)c1. The third-order valence-corrected chi connectivity index (χ3v) is 4.77. The molecule has 0 atom stereocenters. The number of hydrogen-bond donors (Lipinski definition) is 3. The minimum absolute atomic E-state index is 0.0412. The molecule has 0 saturated heterocycles. The predicted molar refractivity (Wildman–Crippen MR) is 118 cm³/mol. The topological polar surface area (TPSA) is 84.0 Å². The lowest BCUT2D eigenvalue weighted by Crippen LogP contribution is -2.37. The van der Waals surface area contributed by atoms with E-state index in [0.29, 0.717) is 18.3 Å². The standard InChI is InChI=1S/C23H30N4O3/c1-24-23(25-13-12-18-7-3-4-9-21(18)29-2)26-15-17-6-5-8-20(14-17)30-16-22(28)27-19-10-11-19/h3-9,14,19H,10-13,15-16H2,1-2H3,(H,27,28)(H2,24,25,26). The first-order valence-electron chi connectivity index (χ1n) is 10.3. The summed E-state index contributed by atoms with van der Waals surface area (Å²) in [5.41, 5.74) is 2.20. The van der Waals surface area contributed by atoms with Crippen LogP contribution in [0.3, 0.4) is 0 Å². The number of benzene rings is 2. The second-order valence-electron chi connectivity index (χ2n) is 7.19. The van der Waals surface area contributed by atoms with Crippen molar-refractivity contribution in [1.82, 2.24) is 16.0 Å². The number of guanidine groups is 1. The fraction of sp³-hybridized carbons (Fsp3) is 0.391. The number of rotatable bonds is 10. The summed E-state index contributed by atoms with van der Waals surface area (Å²) in [6.45, 7) is 1.37. The molecule has 0 bridgehead atoms. The van der Waals surface area contributed by atoms with Crippen LogP contribution in [0.4, 0.5) is 0 Å². The molecule has 1 fully saturated rings. The lowest BCUT2D eigenvalue weighted by Gasteiger charge is -2.14. The number of hydrogen-bond acceptors (Lipinski definition) is 4. The van der Waals surface area contributed by atoms with Gasteiger partial charge in [-0.3, -0.25) is 9.79 Å². The molecule has 0 heterocycles. The van der Waals surface area contributed by atoms with Gasteiger partial charge in [0, 0.05) is 26.2 Å². The lowest BCUT2D eigenvalue weighted by atomic mass is 10.1. The van der Waals surface area contributed by atoms with Crippen LogP contribution < -0.4 is 25.4 Å². The van der Waals surface area contributed by atoms with Crippen LogP contribution in [0, 0.1) is 0 Å². The molecule has 1 amide bonds. The fourth-order valence-electron chi connectivity index (χ4n) is 3.02. The highest BCUT2D eigenvalue weighted by molar-refractivity contribution is 5.79. The average Bonchev–Trinajstić information content (AvgIpc) is 3.59. The van der Waals surface area contributed by atoms with Gasteiger partial charge in [0.15, 0.2) is 12.6 Å². The van der Waals surface area contributed by atoms with Gasteiger partial charge in [0.25, 0.3) is 5.91 Å². The predicted octanol–water partition coefficient (Wildman–Crippen LogP) is 2.26. The maximum absolute atomic E-state index is 11.8. The van der Waals surface area contributed by atoms with Gasteiger partial charge in [-0.05, 0) is 48.6 Å². The normalized spacial score (nSPS) is 13.5. The molecule has 2 aromatic rings. The smallest absolute Gasteiger partial charge is 0.258 e. The van der Waals surface area contributed by atoms with Crippen LogP contribution in [0.15, 0.2) is 53.5 Å². The molecule has 3 N–H and O–H groups in total. The van der Waals surface area contributed by atoms with Crippen LogP contribution in [0.25, 0.3) is 0 Å². The summed E-state index contributed by atoms with van der Waals surface area (Å²) in [5, 5.41) is 9.53. The maximum Gasteiger partial charge on any atom is 0.258 e. The van der Waals surface area contributed by atoms with E-state index in [2.05, 4.69) is 27.0 Å². The van der Waals surface area contributed by atoms with Crippen molar-refractivity contribution in [3.8, 4) is 11.5 Å². The van der Waals surface area contributed by atoms with Crippen molar-refractivity contribution in [3.63, 3.8) is 0 Å². The summed E-state index contributed by atoms with van der Waals surface area (Å²) < 4.78 is 11.0. The Hall–Kier alpha value is -3.22. The van der Waals surface area contributed by atoms with Crippen LogP contribution in [0.5, 0.6) is 11.5 Å². The monoisotopic (exact) mass is 410 g/mol. The summed E-state index contributed by atoms with van der Waals surface area (Å²) in [5.74, 6) is 2.23. The largest absolute Gasteiger partial charge is 0.496 e. The Morgan fingerprint density at radius 1 is 1.13 bits per heavy atom. The summed E-state index contributed by atoms with van der Waals surface area (Å²) in [7, 11) is 3.43. The molecular weight excluding hydrogens is 380 g/mol. The number of ether oxygens (including phenoxy) is 2. The van der Waals surface area contributed by atoms with Crippen LogP contribution >= 0.6 is 0 Å². The molecule has 1 saturated carbocycles. The number of carbonyl (C=O) groups excluding carboxylic acids is 1. The van der Waals surface area contributed by atoms with Crippen molar-refractivity contribution in [2.45, 2.75) is 31.8 Å². The van der Waals surface area contributed by atoms with Gasteiger partial charge in [-0.2, -0.15) is 0 Å². The third kappa shape index (κ3) is 6.99. The molecule has 0 aromatic heterocycles. The van der Waals surface area contributed by atoms with Gasteiger partial charge in [0.2, 0.25) is 0 Å². The fourth-order valence-corrected chi connectivity index (χ4v) is 3.02. The molecule has 0 unspecified atom stereocenters. The zero-order valence-corrected chi connectivity index (χ0v) is 17.6. The van der Waals surface area contributed by atoms with E-state index < -0.39 is 0 Å². The van der Waals surface area contributed by atoms with E-state index in [1.807, 2.05) is 42.5 Å². The minimum atomic E-state index is -0.0688. The zero-order valence-electron chi connectivity index (χ0n) is 17.6. The Kier molecular flexibility index (Phi) is 7.94. The molecule has 0 radical (unpaired) electrons. The van der Waals surface area contributed by atoms with Crippen LogP contribution in [-0.4, -0.2) is 45.2 Å². The van der Waals surface area contributed by atoms with E-state index in [1.54, 1.807) is 14.2 Å². The van der Waals surface area contributed by atoms with Crippen molar-refractivity contribution >= 4 is 11.9 Å². The molecule has 3 rings (SSSR count). The van der Waals surface area contributed by atoms with Crippen molar-refractivity contribution in [2.24, 2.45) is 4.99 Å². The number of para-hydroxylation sites is 1. The summed E-state index contributed by atoms with van der Waals surface area (Å²) in [4.78, 5) is 16.0. The molecule has 1 aliphatic rings. The van der Waals surface area contributed by atoms with Gasteiger partial charge in [-0.1, -0.05) is 30.3 Å². The van der Waals surface area contributed by atoms with Gasteiger partial charge in [0.05, 0.1) is 7.11 Å². The van der Waals surface area contributed by atoms with Gasteiger partial charge in [-0.15, -0.1) is 0 Å². The molecule has 0 spiro atoms. The molecule has 160 valence electrons. The second-order valence-corrected chi connectivity index (χ2v) is 7.19. The van der Waals surface area contributed by atoms with Gasteiger partial charge < -0.3 is 25.4 Å². The molecule has 2 aromatic carbocycles. The van der Waals surface area contributed by atoms with E-state index in [0.717, 1.165) is 48.6 Å². The second kappa shape index (κ2) is 11.1. The van der Waals surface area contributed by atoms with Crippen molar-refractivity contribution < 1.29 is 14.3 Å². The average molecular weight is 411 g/mol. The van der Waals surface area contributed by atoms with Gasteiger partial charge in [0.1, 0.15) is 11.5 Å². The van der Waals surface area contributed by atoms with E-state index in [9.17, 15) is 4.79 Å². The Bertz CT molecular complexity index is 865. The van der Waals surface area contributed by atoms with E-state index in [1.165, 1.54) is 0 Å². The van der Waals surface area contributed by atoms with Crippen molar-refractivity contribution in [3.05, 3.63) is 59.7 Å². The number of nitrogens with zero attached hydrogens (tertiary/aromatic N) is 1. The Labute approximate surface area is 177 Å². The van der Waals surface area contributed by atoms with Crippen LogP contribution in [0.1, 0.15) is 24.0 Å². The molecule has 7 nitrogen and oxygen atoms in total. The maximum atomic E-state index is 11.8. The molecule has 1 aliphatic carbocycles. The van der Waals surface area contributed by atoms with Crippen LogP contribution in [-0.2, 0) is 17.8 Å². The van der Waals surface area contributed by atoms with E-state index in [-0.39, 0.29) is 12.5 Å². The first kappa shape index (κ1) is 21.5. The summed E-state index contributed by atoms with van der Waals surface area (Å²) in [6, 6.07) is 16.1. The Balaban J connectivity index is 1.42. The number of methoxy groups -OCH3 is 1. The van der Waals surface area contributed by atoms with Gasteiger partial charge >= 0.3 is 0 Å². The summed E-state index contributed by atoms with van der Waals surface area (Å²) >= 11 is 0. The van der Waals surface area contributed by atoms with Crippen molar-refractivity contribution in [1.29, 1.82) is 0 Å². The first-order valence-corrected chi connectivity index (χ1v) is 10.3. The number of amides is 1. The number of nitrogens with one attached hydrogen (secondary N) is 3. The Morgan fingerprint density at radius 3 is 2.73 bits per heavy atom. The highest BCUT2D eigenvalue weighted by atomic mass is 16.5. The summed E-state index contributed by atoms with van der Waals surface area (Å²) in [6.07, 6.45) is 2.97. The first-order chi connectivity index (χ1) is 14.7. The number of aliphatic imine (C=N–C) groups is 1. The highest BCUT2D eigenvalue weighted by Crippen LogP contribution is 2.19. The quantitative estimate of drug-likeness (QED) is 0.413. The van der Waals surface area contributed by atoms with Crippen LogP contribution in [0.2, 0.25) is 0 Å². The molecule has 7 heteroatoms. The van der Waals surface area contributed by atoms with E-state index >= 15 is 0 Å². The highest BCUT2D eigenvalue weighted by Gasteiger charge is 2.23.